The molecule has 0 radical (unpaired) electrons. The molecule has 1 saturated heterocycles. The van der Waals surface area contributed by atoms with Crippen molar-refractivity contribution in [3.63, 3.8) is 0 Å². The van der Waals surface area contributed by atoms with Crippen LogP contribution < -0.4 is 0 Å². The van der Waals surface area contributed by atoms with E-state index >= 15 is 0 Å². The van der Waals surface area contributed by atoms with E-state index in [1.807, 2.05) is 41.3 Å². The Labute approximate surface area is 134 Å². The van der Waals surface area contributed by atoms with Gasteiger partial charge in [-0.05, 0) is 43.5 Å². The minimum absolute atomic E-state index is 0.00865. The molecule has 1 amide bonds. The first-order chi connectivity index (χ1) is 11.3. The van der Waals surface area contributed by atoms with E-state index in [4.69, 9.17) is 4.98 Å². The average Bonchev–Trinajstić information content (AvgIpc) is 3.06. The fraction of sp³-hybridized carbons (Fsp3) is 0.278. The Hall–Kier alpha value is -2.69. The molecule has 0 bridgehead atoms. The first-order valence-electron chi connectivity index (χ1n) is 7.99. The minimum Gasteiger partial charge on any atom is -0.340 e. The number of likely N-dealkylation sites (tertiary alicyclic amines) is 1. The lowest BCUT2D eigenvalue weighted by Crippen LogP contribution is -2.39. The standard InChI is InChI=1S/C18H18N4O/c23-18(15-9-3-5-11-19-15)22-12-6-4-10-16(22)17-20-13-7-1-2-8-14(13)21-17/h1-3,5,7-9,11,16H,4,6,10,12H2,(H,20,21)/t16-/m0/s1. The van der Waals surface area contributed by atoms with Crippen LogP contribution in [0.1, 0.15) is 41.6 Å². The second-order valence-corrected chi connectivity index (χ2v) is 5.86. The van der Waals surface area contributed by atoms with Gasteiger partial charge < -0.3 is 9.88 Å². The summed E-state index contributed by atoms with van der Waals surface area (Å²) in [6.45, 7) is 0.747. The zero-order valence-corrected chi connectivity index (χ0v) is 12.8. The number of fused-ring (bicyclic) bond motifs is 1. The Bertz CT molecular complexity index is 794. The lowest BCUT2D eigenvalue weighted by Gasteiger charge is -2.34. The highest BCUT2D eigenvalue weighted by atomic mass is 16.2. The number of aromatic amines is 1. The topological polar surface area (TPSA) is 61.9 Å². The summed E-state index contributed by atoms with van der Waals surface area (Å²) in [7, 11) is 0. The zero-order chi connectivity index (χ0) is 15.6. The molecule has 2 aromatic heterocycles. The maximum atomic E-state index is 12.8. The van der Waals surface area contributed by atoms with Gasteiger partial charge in [-0.2, -0.15) is 0 Å². The summed E-state index contributed by atoms with van der Waals surface area (Å²) in [5.41, 5.74) is 2.45. The van der Waals surface area contributed by atoms with Gasteiger partial charge in [0.05, 0.1) is 17.1 Å². The summed E-state index contributed by atoms with van der Waals surface area (Å²) in [5.74, 6) is 0.853. The molecule has 0 saturated carbocycles. The molecule has 1 atom stereocenters. The number of benzene rings is 1. The van der Waals surface area contributed by atoms with Crippen molar-refractivity contribution in [1.82, 2.24) is 19.9 Å². The largest absolute Gasteiger partial charge is 0.340 e. The van der Waals surface area contributed by atoms with Gasteiger partial charge in [0.15, 0.2) is 0 Å². The van der Waals surface area contributed by atoms with Crippen molar-refractivity contribution >= 4 is 16.9 Å². The average molecular weight is 306 g/mol. The Morgan fingerprint density at radius 1 is 1.13 bits per heavy atom. The monoisotopic (exact) mass is 306 g/mol. The van der Waals surface area contributed by atoms with Crippen LogP contribution in [0.5, 0.6) is 0 Å². The quantitative estimate of drug-likeness (QED) is 0.790. The van der Waals surface area contributed by atoms with Gasteiger partial charge in [0.1, 0.15) is 11.5 Å². The van der Waals surface area contributed by atoms with Crippen LogP contribution in [-0.4, -0.2) is 32.3 Å². The van der Waals surface area contributed by atoms with Crippen LogP contribution in [0.2, 0.25) is 0 Å². The predicted molar refractivity (Wildman–Crippen MR) is 88.0 cm³/mol. The van der Waals surface area contributed by atoms with E-state index in [1.54, 1.807) is 12.3 Å². The summed E-state index contributed by atoms with van der Waals surface area (Å²) in [6.07, 6.45) is 4.72. The van der Waals surface area contributed by atoms with E-state index in [-0.39, 0.29) is 11.9 Å². The smallest absolute Gasteiger partial charge is 0.273 e. The maximum absolute atomic E-state index is 12.8. The first kappa shape index (κ1) is 13.9. The zero-order valence-electron chi connectivity index (χ0n) is 12.8. The number of pyridine rings is 1. The van der Waals surface area contributed by atoms with Crippen LogP contribution in [0.4, 0.5) is 0 Å². The summed E-state index contributed by atoms with van der Waals surface area (Å²) in [6, 6.07) is 13.4. The molecule has 0 aliphatic carbocycles. The number of nitrogens with zero attached hydrogens (tertiary/aromatic N) is 3. The van der Waals surface area contributed by atoms with E-state index in [9.17, 15) is 4.79 Å². The number of hydrogen-bond acceptors (Lipinski definition) is 3. The van der Waals surface area contributed by atoms with Gasteiger partial charge in [0.25, 0.3) is 5.91 Å². The Kier molecular flexibility index (Phi) is 3.54. The number of H-pyrrole nitrogens is 1. The van der Waals surface area contributed by atoms with Crippen molar-refractivity contribution < 1.29 is 4.79 Å². The van der Waals surface area contributed by atoms with Gasteiger partial charge >= 0.3 is 0 Å². The number of piperidine rings is 1. The van der Waals surface area contributed by atoms with E-state index < -0.39 is 0 Å². The number of carbonyl (C=O) groups is 1. The van der Waals surface area contributed by atoms with Crippen LogP contribution in [0, 0.1) is 0 Å². The Morgan fingerprint density at radius 2 is 2.00 bits per heavy atom. The molecule has 4 rings (SSSR count). The lowest BCUT2D eigenvalue weighted by molar-refractivity contribution is 0.0595. The number of carbonyl (C=O) groups excluding carboxylic acids is 1. The molecular formula is C18H18N4O. The Morgan fingerprint density at radius 3 is 2.83 bits per heavy atom. The summed E-state index contributed by atoms with van der Waals surface area (Å²) in [5, 5.41) is 0. The molecule has 3 aromatic rings. The Balaban J connectivity index is 1.69. The van der Waals surface area contributed by atoms with Crippen molar-refractivity contribution in [2.45, 2.75) is 25.3 Å². The fourth-order valence-electron chi connectivity index (χ4n) is 3.23. The number of aromatic nitrogens is 3. The second kappa shape index (κ2) is 5.83. The van der Waals surface area contributed by atoms with Gasteiger partial charge in [-0.15, -0.1) is 0 Å². The van der Waals surface area contributed by atoms with Gasteiger partial charge in [0, 0.05) is 12.7 Å². The molecule has 5 nitrogen and oxygen atoms in total. The highest BCUT2D eigenvalue weighted by molar-refractivity contribution is 5.92. The molecule has 1 aliphatic heterocycles. The van der Waals surface area contributed by atoms with Crippen LogP contribution >= 0.6 is 0 Å². The first-order valence-corrected chi connectivity index (χ1v) is 7.99. The van der Waals surface area contributed by atoms with Crippen LogP contribution in [0.3, 0.4) is 0 Å². The number of amides is 1. The molecule has 5 heteroatoms. The van der Waals surface area contributed by atoms with Gasteiger partial charge in [-0.3, -0.25) is 9.78 Å². The van der Waals surface area contributed by atoms with Gasteiger partial charge in [0.2, 0.25) is 0 Å². The molecule has 23 heavy (non-hydrogen) atoms. The van der Waals surface area contributed by atoms with Crippen molar-refractivity contribution in [1.29, 1.82) is 0 Å². The van der Waals surface area contributed by atoms with Crippen LogP contribution in [-0.2, 0) is 0 Å². The molecule has 1 aromatic carbocycles. The maximum Gasteiger partial charge on any atom is 0.273 e. The minimum atomic E-state index is -0.0178. The molecular weight excluding hydrogens is 288 g/mol. The molecule has 3 heterocycles. The van der Waals surface area contributed by atoms with E-state index in [1.165, 1.54) is 0 Å². The summed E-state index contributed by atoms with van der Waals surface area (Å²) < 4.78 is 0. The summed E-state index contributed by atoms with van der Waals surface area (Å²) >= 11 is 0. The molecule has 0 spiro atoms. The molecule has 1 aliphatic rings. The normalized spacial score (nSPS) is 18.3. The third kappa shape index (κ3) is 2.59. The number of nitrogens with one attached hydrogen (secondary N) is 1. The number of para-hydroxylation sites is 2. The second-order valence-electron chi connectivity index (χ2n) is 5.86. The van der Waals surface area contributed by atoms with Crippen molar-refractivity contribution in [3.05, 3.63) is 60.2 Å². The van der Waals surface area contributed by atoms with Gasteiger partial charge in [-0.25, -0.2) is 4.98 Å². The van der Waals surface area contributed by atoms with Crippen molar-refractivity contribution in [3.8, 4) is 0 Å². The van der Waals surface area contributed by atoms with E-state index in [0.717, 1.165) is 42.7 Å². The van der Waals surface area contributed by atoms with E-state index in [2.05, 4.69) is 9.97 Å². The predicted octanol–water partition coefficient (Wildman–Crippen LogP) is 3.33. The van der Waals surface area contributed by atoms with Crippen molar-refractivity contribution in [2.24, 2.45) is 0 Å². The SMILES string of the molecule is O=C(c1ccccn1)N1CCCC[C@H]1c1nc2ccccc2[nH]1. The number of imidazole rings is 1. The fourth-order valence-corrected chi connectivity index (χ4v) is 3.23. The highest BCUT2D eigenvalue weighted by Gasteiger charge is 2.31. The molecule has 1 fully saturated rings. The molecule has 0 unspecified atom stereocenters. The van der Waals surface area contributed by atoms with Crippen molar-refractivity contribution in [2.75, 3.05) is 6.54 Å². The molecule has 1 N–H and O–H groups in total. The van der Waals surface area contributed by atoms with Crippen LogP contribution in [0.15, 0.2) is 48.7 Å². The van der Waals surface area contributed by atoms with Crippen LogP contribution in [0.25, 0.3) is 11.0 Å². The number of rotatable bonds is 2. The third-order valence-electron chi connectivity index (χ3n) is 4.37. The molecule has 116 valence electrons. The van der Waals surface area contributed by atoms with E-state index in [0.29, 0.717) is 5.69 Å². The number of hydrogen-bond donors (Lipinski definition) is 1. The summed E-state index contributed by atoms with van der Waals surface area (Å²) in [4.78, 5) is 27.0. The lowest BCUT2D eigenvalue weighted by atomic mass is 10.0. The third-order valence-corrected chi connectivity index (χ3v) is 4.37. The van der Waals surface area contributed by atoms with Gasteiger partial charge in [-0.1, -0.05) is 18.2 Å². The highest BCUT2D eigenvalue weighted by Crippen LogP contribution is 2.31.